The third-order valence-electron chi connectivity index (χ3n) is 1.95. The van der Waals surface area contributed by atoms with Crippen LogP contribution in [0.3, 0.4) is 0 Å². The predicted molar refractivity (Wildman–Crippen MR) is 57.9 cm³/mol. The van der Waals surface area contributed by atoms with E-state index in [2.05, 4.69) is 0 Å². The fourth-order valence-electron chi connectivity index (χ4n) is 1.16. The van der Waals surface area contributed by atoms with E-state index in [1.54, 1.807) is 7.11 Å². The fraction of sp³-hybridized carbons (Fsp3) is 0.417. The molecule has 0 fully saturated rings. The van der Waals surface area contributed by atoms with Gasteiger partial charge in [0.15, 0.2) is 0 Å². The first-order chi connectivity index (χ1) is 7.26. The molecule has 1 atom stereocenters. The Morgan fingerprint density at radius 2 is 2.27 bits per heavy atom. The number of carbonyl (C=O) groups is 1. The molecule has 0 saturated heterocycles. The van der Waals surface area contributed by atoms with Gasteiger partial charge in [0.2, 0.25) is 0 Å². The van der Waals surface area contributed by atoms with Crippen LogP contribution in [0.25, 0.3) is 0 Å². The molecule has 0 radical (unpaired) electrons. The first-order valence-corrected chi connectivity index (χ1v) is 4.92. The summed E-state index contributed by atoms with van der Waals surface area (Å²) in [4.78, 5) is 10.4. The van der Waals surface area contributed by atoms with Crippen LogP contribution in [-0.4, -0.2) is 20.0 Å². The first-order valence-electron chi connectivity index (χ1n) is 4.92. The van der Waals surface area contributed by atoms with E-state index in [0.29, 0.717) is 13.2 Å². The highest BCUT2D eigenvalue weighted by Gasteiger charge is 2.01. The molecule has 0 heterocycles. The van der Waals surface area contributed by atoms with Crippen LogP contribution in [0, 0.1) is 5.92 Å². The van der Waals surface area contributed by atoms with Crippen molar-refractivity contribution in [2.45, 2.75) is 13.5 Å². The summed E-state index contributed by atoms with van der Waals surface area (Å²) >= 11 is 0. The summed E-state index contributed by atoms with van der Waals surface area (Å²) in [6, 6.07) is 7.67. The van der Waals surface area contributed by atoms with Gasteiger partial charge in [0.1, 0.15) is 12.0 Å². The Morgan fingerprint density at radius 1 is 1.47 bits per heavy atom. The molecule has 15 heavy (non-hydrogen) atoms. The van der Waals surface area contributed by atoms with Crippen LogP contribution < -0.4 is 4.74 Å². The molecule has 0 aliphatic heterocycles. The van der Waals surface area contributed by atoms with Crippen LogP contribution in [0.15, 0.2) is 24.3 Å². The van der Waals surface area contributed by atoms with Crippen LogP contribution in [0.1, 0.15) is 12.5 Å². The Kier molecular flexibility index (Phi) is 4.84. The third-order valence-corrected chi connectivity index (χ3v) is 1.95. The molecule has 3 nitrogen and oxygen atoms in total. The predicted octanol–water partition coefficient (Wildman–Crippen LogP) is 2.05. The number of methoxy groups -OCH3 is 1. The number of carbonyl (C=O) groups excluding carboxylic acids is 1. The molecule has 1 aromatic carbocycles. The van der Waals surface area contributed by atoms with Gasteiger partial charge in [0.05, 0.1) is 13.2 Å². The van der Waals surface area contributed by atoms with Gasteiger partial charge in [-0.2, -0.15) is 0 Å². The van der Waals surface area contributed by atoms with Crippen molar-refractivity contribution in [3.63, 3.8) is 0 Å². The quantitative estimate of drug-likeness (QED) is 0.671. The largest absolute Gasteiger partial charge is 0.493 e. The van der Waals surface area contributed by atoms with E-state index >= 15 is 0 Å². The van der Waals surface area contributed by atoms with Gasteiger partial charge < -0.3 is 14.3 Å². The number of benzene rings is 1. The van der Waals surface area contributed by atoms with E-state index in [1.165, 1.54) is 0 Å². The van der Waals surface area contributed by atoms with Crippen LogP contribution >= 0.6 is 0 Å². The second kappa shape index (κ2) is 6.19. The molecule has 0 bridgehead atoms. The van der Waals surface area contributed by atoms with Crippen LogP contribution in [0.5, 0.6) is 5.75 Å². The summed E-state index contributed by atoms with van der Waals surface area (Å²) in [5, 5.41) is 0. The molecule has 1 rings (SSSR count). The van der Waals surface area contributed by atoms with Gasteiger partial charge in [-0.1, -0.05) is 19.1 Å². The molecule has 0 saturated carbocycles. The van der Waals surface area contributed by atoms with Crippen molar-refractivity contribution < 1.29 is 14.3 Å². The Morgan fingerprint density at radius 3 is 2.93 bits per heavy atom. The van der Waals surface area contributed by atoms with Crippen LogP contribution in [0.2, 0.25) is 0 Å². The normalized spacial score (nSPS) is 12.1. The molecular weight excluding hydrogens is 192 g/mol. The Balaban J connectivity index is 2.53. The molecular formula is C12H16O3. The molecule has 0 N–H and O–H groups in total. The lowest BCUT2D eigenvalue weighted by Gasteiger charge is -2.09. The molecule has 0 aliphatic rings. The number of rotatable bonds is 6. The minimum absolute atomic E-state index is 0.0731. The van der Waals surface area contributed by atoms with Gasteiger partial charge in [-0.3, -0.25) is 0 Å². The maximum atomic E-state index is 10.4. The van der Waals surface area contributed by atoms with E-state index < -0.39 is 0 Å². The van der Waals surface area contributed by atoms with Gasteiger partial charge in [0.25, 0.3) is 0 Å². The van der Waals surface area contributed by atoms with Crippen molar-refractivity contribution >= 4 is 6.29 Å². The van der Waals surface area contributed by atoms with E-state index in [4.69, 9.17) is 9.47 Å². The van der Waals surface area contributed by atoms with Crippen molar-refractivity contribution in [1.29, 1.82) is 0 Å². The zero-order valence-electron chi connectivity index (χ0n) is 9.10. The Hall–Kier alpha value is -1.35. The van der Waals surface area contributed by atoms with Gasteiger partial charge in [0, 0.05) is 13.0 Å². The lowest BCUT2D eigenvalue weighted by molar-refractivity contribution is -0.111. The molecule has 0 amide bonds. The smallest absolute Gasteiger partial charge is 0.126 e. The highest BCUT2D eigenvalue weighted by molar-refractivity contribution is 5.52. The topological polar surface area (TPSA) is 35.5 Å². The van der Waals surface area contributed by atoms with Gasteiger partial charge in [-0.25, -0.2) is 0 Å². The average molecular weight is 208 g/mol. The highest BCUT2D eigenvalue weighted by atomic mass is 16.5. The summed E-state index contributed by atoms with van der Waals surface area (Å²) in [5.74, 6) is 0.703. The molecule has 0 aromatic heterocycles. The second-order valence-electron chi connectivity index (χ2n) is 3.50. The van der Waals surface area contributed by atoms with Gasteiger partial charge >= 0.3 is 0 Å². The minimum atomic E-state index is -0.0731. The van der Waals surface area contributed by atoms with Crippen molar-refractivity contribution in [3.05, 3.63) is 29.8 Å². The monoisotopic (exact) mass is 208 g/mol. The summed E-state index contributed by atoms with van der Waals surface area (Å²) in [6.45, 7) is 2.81. The standard InChI is InChI=1S/C12H16O3/c1-10(7-13)8-15-12-5-3-4-11(6-12)9-14-2/h3-7,10H,8-9H2,1-2H3. The zero-order valence-corrected chi connectivity index (χ0v) is 9.10. The lowest BCUT2D eigenvalue weighted by Crippen LogP contribution is -2.09. The van der Waals surface area contributed by atoms with Gasteiger partial charge in [-0.05, 0) is 17.7 Å². The summed E-state index contributed by atoms with van der Waals surface area (Å²) in [6.07, 6.45) is 0.888. The first kappa shape index (κ1) is 11.7. The summed E-state index contributed by atoms with van der Waals surface area (Å²) in [5.41, 5.74) is 1.06. The van der Waals surface area contributed by atoms with E-state index in [1.807, 2.05) is 31.2 Å². The molecule has 82 valence electrons. The van der Waals surface area contributed by atoms with E-state index in [0.717, 1.165) is 17.6 Å². The third kappa shape index (κ3) is 4.13. The van der Waals surface area contributed by atoms with Crippen LogP contribution in [0.4, 0.5) is 0 Å². The lowest BCUT2D eigenvalue weighted by atomic mass is 10.2. The Labute approximate surface area is 90.0 Å². The van der Waals surface area contributed by atoms with Crippen molar-refractivity contribution in [2.24, 2.45) is 5.92 Å². The molecule has 0 spiro atoms. The molecule has 3 heteroatoms. The fourth-order valence-corrected chi connectivity index (χ4v) is 1.16. The highest BCUT2D eigenvalue weighted by Crippen LogP contribution is 2.14. The minimum Gasteiger partial charge on any atom is -0.493 e. The summed E-state index contributed by atoms with van der Waals surface area (Å²) in [7, 11) is 1.65. The Bertz CT molecular complexity index is 309. The number of ether oxygens (including phenoxy) is 2. The van der Waals surface area contributed by atoms with Crippen molar-refractivity contribution in [3.8, 4) is 5.75 Å². The number of hydrogen-bond donors (Lipinski definition) is 0. The SMILES string of the molecule is COCc1cccc(OCC(C)C=O)c1. The maximum Gasteiger partial charge on any atom is 0.126 e. The van der Waals surface area contributed by atoms with Crippen molar-refractivity contribution in [2.75, 3.05) is 13.7 Å². The summed E-state index contributed by atoms with van der Waals surface area (Å²) < 4.78 is 10.5. The van der Waals surface area contributed by atoms with Crippen LogP contribution in [-0.2, 0) is 16.1 Å². The maximum absolute atomic E-state index is 10.4. The molecule has 0 aliphatic carbocycles. The zero-order chi connectivity index (χ0) is 11.1. The number of hydrogen-bond acceptors (Lipinski definition) is 3. The molecule has 1 unspecified atom stereocenters. The number of aldehydes is 1. The van der Waals surface area contributed by atoms with E-state index in [9.17, 15) is 4.79 Å². The van der Waals surface area contributed by atoms with E-state index in [-0.39, 0.29) is 5.92 Å². The second-order valence-corrected chi connectivity index (χ2v) is 3.50. The van der Waals surface area contributed by atoms with Crippen molar-refractivity contribution in [1.82, 2.24) is 0 Å². The average Bonchev–Trinajstić information content (AvgIpc) is 2.27. The molecule has 1 aromatic rings. The van der Waals surface area contributed by atoms with Gasteiger partial charge in [-0.15, -0.1) is 0 Å².